The molecule has 0 saturated heterocycles. The minimum atomic E-state index is -1.02. The van der Waals surface area contributed by atoms with Gasteiger partial charge in [0.15, 0.2) is 0 Å². The first kappa shape index (κ1) is 16.7. The molecule has 23 heavy (non-hydrogen) atoms. The Labute approximate surface area is 135 Å². The van der Waals surface area contributed by atoms with Crippen molar-refractivity contribution in [2.24, 2.45) is 0 Å². The van der Waals surface area contributed by atoms with Gasteiger partial charge in [-0.15, -0.1) is 0 Å². The smallest absolute Gasteiger partial charge is 0.326 e. The van der Waals surface area contributed by atoms with Crippen LogP contribution in [-0.2, 0) is 4.79 Å². The lowest BCUT2D eigenvalue weighted by molar-refractivity contribution is -0.139. The molecule has 1 atom stereocenters. The number of nitrogens with one attached hydrogen (secondary N) is 1. The number of carboxylic acids is 1. The number of benzene rings is 1. The van der Waals surface area contributed by atoms with Crippen LogP contribution in [0.4, 0.5) is 5.82 Å². The molecule has 0 aliphatic carbocycles. The highest BCUT2D eigenvalue weighted by Crippen LogP contribution is 2.22. The molecule has 0 fully saturated rings. The second-order valence-corrected chi connectivity index (χ2v) is 5.59. The van der Waals surface area contributed by atoms with Crippen LogP contribution in [0.5, 0.6) is 0 Å². The summed E-state index contributed by atoms with van der Waals surface area (Å²) in [5, 5.41) is 12.5. The van der Waals surface area contributed by atoms with Crippen LogP contribution in [0.25, 0.3) is 10.9 Å². The second-order valence-electron chi connectivity index (χ2n) is 5.59. The molecule has 2 N–H and O–H groups in total. The summed E-state index contributed by atoms with van der Waals surface area (Å²) in [6.07, 6.45) is 1.07. The summed E-state index contributed by atoms with van der Waals surface area (Å²) in [7, 11) is 3.69. The molecule has 2 rings (SSSR count). The maximum Gasteiger partial charge on any atom is 0.326 e. The number of carboxylic acid groups (broad SMARTS) is 1. The van der Waals surface area contributed by atoms with Crippen LogP contribution in [0, 0.1) is 0 Å². The Kier molecular flexibility index (Phi) is 5.16. The first-order chi connectivity index (χ1) is 10.9. The largest absolute Gasteiger partial charge is 0.480 e. The number of anilines is 1. The van der Waals surface area contributed by atoms with Crippen LogP contribution < -0.4 is 10.2 Å². The van der Waals surface area contributed by atoms with Crippen molar-refractivity contribution in [2.75, 3.05) is 19.0 Å². The number of para-hydroxylation sites is 1. The number of rotatable bonds is 6. The third-order valence-electron chi connectivity index (χ3n) is 3.59. The molecule has 6 heteroatoms. The third kappa shape index (κ3) is 3.77. The maximum absolute atomic E-state index is 12.6. The van der Waals surface area contributed by atoms with E-state index in [-0.39, 0.29) is 0 Å². The lowest BCUT2D eigenvalue weighted by Crippen LogP contribution is -2.40. The van der Waals surface area contributed by atoms with Gasteiger partial charge in [-0.25, -0.2) is 9.78 Å². The van der Waals surface area contributed by atoms with Crippen molar-refractivity contribution in [1.82, 2.24) is 10.3 Å². The molecule has 6 nitrogen and oxygen atoms in total. The summed E-state index contributed by atoms with van der Waals surface area (Å²) in [6, 6.07) is 8.13. The van der Waals surface area contributed by atoms with E-state index >= 15 is 0 Å². The Balaban J connectivity index is 2.44. The van der Waals surface area contributed by atoms with Crippen molar-refractivity contribution in [3.8, 4) is 0 Å². The summed E-state index contributed by atoms with van der Waals surface area (Å²) >= 11 is 0. The molecular weight excluding hydrogens is 294 g/mol. The molecule has 1 heterocycles. The van der Waals surface area contributed by atoms with Gasteiger partial charge in [0.05, 0.1) is 11.1 Å². The normalized spacial score (nSPS) is 12.0. The third-order valence-corrected chi connectivity index (χ3v) is 3.59. The molecule has 1 aromatic carbocycles. The molecule has 0 bridgehead atoms. The van der Waals surface area contributed by atoms with Gasteiger partial charge in [0, 0.05) is 19.5 Å². The van der Waals surface area contributed by atoms with Crippen molar-refractivity contribution in [3.63, 3.8) is 0 Å². The summed E-state index contributed by atoms with van der Waals surface area (Å²) in [6.45, 7) is 1.88. The van der Waals surface area contributed by atoms with E-state index in [2.05, 4.69) is 10.3 Å². The maximum atomic E-state index is 12.6. The molecule has 0 aliphatic heterocycles. The zero-order chi connectivity index (χ0) is 17.0. The fourth-order valence-corrected chi connectivity index (χ4v) is 2.36. The molecule has 0 saturated carbocycles. The molecule has 0 spiro atoms. The number of hydrogen-bond acceptors (Lipinski definition) is 4. The van der Waals surface area contributed by atoms with Gasteiger partial charge < -0.3 is 15.3 Å². The molecule has 1 unspecified atom stereocenters. The highest BCUT2D eigenvalue weighted by Gasteiger charge is 2.21. The van der Waals surface area contributed by atoms with E-state index in [0.29, 0.717) is 35.1 Å². The molecule has 2 aromatic rings. The summed E-state index contributed by atoms with van der Waals surface area (Å²) in [4.78, 5) is 30.2. The van der Waals surface area contributed by atoms with Gasteiger partial charge in [0.25, 0.3) is 5.91 Å². The average Bonchev–Trinajstić information content (AvgIpc) is 2.53. The molecule has 0 radical (unpaired) electrons. The van der Waals surface area contributed by atoms with Crippen LogP contribution in [0.2, 0.25) is 0 Å². The zero-order valence-electron chi connectivity index (χ0n) is 13.5. The number of amides is 1. The van der Waals surface area contributed by atoms with Crippen molar-refractivity contribution >= 4 is 28.6 Å². The minimum absolute atomic E-state index is 0.393. The molecule has 0 aliphatic rings. The van der Waals surface area contributed by atoms with E-state index in [9.17, 15) is 14.7 Å². The number of carbonyl (C=O) groups excluding carboxylic acids is 1. The number of hydrogen-bond donors (Lipinski definition) is 2. The van der Waals surface area contributed by atoms with E-state index in [0.717, 1.165) is 0 Å². The van der Waals surface area contributed by atoms with E-state index in [4.69, 9.17) is 0 Å². The monoisotopic (exact) mass is 315 g/mol. The fourth-order valence-electron chi connectivity index (χ4n) is 2.36. The predicted molar refractivity (Wildman–Crippen MR) is 89.9 cm³/mol. The molecule has 1 amide bonds. The number of nitrogens with zero attached hydrogens (tertiary/aromatic N) is 2. The first-order valence-corrected chi connectivity index (χ1v) is 7.54. The topological polar surface area (TPSA) is 82.5 Å². The quantitative estimate of drug-likeness (QED) is 0.854. The van der Waals surface area contributed by atoms with E-state index in [1.165, 1.54) is 0 Å². The van der Waals surface area contributed by atoms with E-state index in [1.807, 2.05) is 50.2 Å². The predicted octanol–water partition coefficient (Wildman–Crippen LogP) is 2.28. The van der Waals surface area contributed by atoms with Crippen LogP contribution in [0.15, 0.2) is 30.3 Å². The lowest BCUT2D eigenvalue weighted by atomic mass is 10.1. The van der Waals surface area contributed by atoms with E-state index < -0.39 is 17.9 Å². The van der Waals surface area contributed by atoms with Crippen LogP contribution in [0.3, 0.4) is 0 Å². The Hall–Kier alpha value is -2.63. The van der Waals surface area contributed by atoms with Gasteiger partial charge in [-0.05, 0) is 18.6 Å². The van der Waals surface area contributed by atoms with Crippen LogP contribution in [-0.4, -0.2) is 42.1 Å². The van der Waals surface area contributed by atoms with Crippen molar-refractivity contribution in [3.05, 3.63) is 35.9 Å². The van der Waals surface area contributed by atoms with Gasteiger partial charge in [-0.1, -0.05) is 31.5 Å². The standard InChI is InChI=1S/C17H21N3O3/c1-4-7-14(17(22)23)19-16(21)12-10-15(20(2)3)18-13-9-6-5-8-11(12)13/h5-6,8-10,14H,4,7H2,1-3H3,(H,19,21)(H,22,23). The zero-order valence-corrected chi connectivity index (χ0v) is 13.5. The second kappa shape index (κ2) is 7.09. The average molecular weight is 315 g/mol. The molecule has 122 valence electrons. The van der Waals surface area contributed by atoms with Gasteiger partial charge in [-0.3, -0.25) is 4.79 Å². The number of aliphatic carboxylic acids is 1. The summed E-state index contributed by atoms with van der Waals surface area (Å²) < 4.78 is 0. The highest BCUT2D eigenvalue weighted by molar-refractivity contribution is 6.07. The van der Waals surface area contributed by atoms with Crippen molar-refractivity contribution < 1.29 is 14.7 Å². The number of fused-ring (bicyclic) bond motifs is 1. The molecule has 1 aromatic heterocycles. The van der Waals surface area contributed by atoms with Crippen LogP contribution in [0.1, 0.15) is 30.1 Å². The number of aromatic nitrogens is 1. The lowest BCUT2D eigenvalue weighted by Gasteiger charge is -2.17. The fraction of sp³-hybridized carbons (Fsp3) is 0.353. The van der Waals surface area contributed by atoms with Crippen molar-refractivity contribution in [1.29, 1.82) is 0 Å². The van der Waals surface area contributed by atoms with Gasteiger partial charge >= 0.3 is 5.97 Å². The van der Waals surface area contributed by atoms with Crippen molar-refractivity contribution in [2.45, 2.75) is 25.8 Å². The summed E-state index contributed by atoms with van der Waals surface area (Å²) in [5.74, 6) is -0.768. The highest BCUT2D eigenvalue weighted by atomic mass is 16.4. The number of pyridine rings is 1. The van der Waals surface area contributed by atoms with Gasteiger partial charge in [-0.2, -0.15) is 0 Å². The SMILES string of the molecule is CCCC(NC(=O)c1cc(N(C)C)nc2ccccc12)C(=O)O. The number of carbonyl (C=O) groups is 2. The van der Waals surface area contributed by atoms with Crippen LogP contribution >= 0.6 is 0 Å². The Morgan fingerprint density at radius 1 is 1.30 bits per heavy atom. The molecular formula is C17H21N3O3. The minimum Gasteiger partial charge on any atom is -0.480 e. The first-order valence-electron chi connectivity index (χ1n) is 7.54. The van der Waals surface area contributed by atoms with Gasteiger partial charge in [0.1, 0.15) is 11.9 Å². The van der Waals surface area contributed by atoms with E-state index in [1.54, 1.807) is 6.07 Å². The van der Waals surface area contributed by atoms with Gasteiger partial charge in [0.2, 0.25) is 0 Å². The Morgan fingerprint density at radius 3 is 2.61 bits per heavy atom. The Morgan fingerprint density at radius 2 is 2.00 bits per heavy atom. The Bertz CT molecular complexity index is 728. The summed E-state index contributed by atoms with van der Waals surface area (Å²) in [5.41, 5.74) is 1.13.